The van der Waals surface area contributed by atoms with Crippen LogP contribution in [0.25, 0.3) is 0 Å². The molecule has 2 aliphatic carbocycles. The first-order chi connectivity index (χ1) is 14.5. The van der Waals surface area contributed by atoms with Crippen molar-refractivity contribution in [3.05, 3.63) is 25.3 Å². The Morgan fingerprint density at radius 1 is 0.767 bits per heavy atom. The number of ether oxygens (including phenoxy) is 2. The molecule has 2 aliphatic rings. The van der Waals surface area contributed by atoms with Gasteiger partial charge in [-0.1, -0.05) is 52.7 Å². The molecule has 0 radical (unpaired) electrons. The van der Waals surface area contributed by atoms with Gasteiger partial charge in [0.05, 0.1) is 0 Å². The minimum absolute atomic E-state index is 0.0408. The highest BCUT2D eigenvalue weighted by molar-refractivity contribution is 5.81. The van der Waals surface area contributed by atoms with Crippen molar-refractivity contribution in [2.45, 2.75) is 103 Å². The molecule has 0 aromatic carbocycles. The van der Waals surface area contributed by atoms with E-state index in [0.717, 1.165) is 51.4 Å². The molecule has 30 heavy (non-hydrogen) atoms. The zero-order valence-electron chi connectivity index (χ0n) is 19.2. The smallest absolute Gasteiger partial charge is 0.330 e. The van der Waals surface area contributed by atoms with Crippen LogP contribution in [-0.4, -0.2) is 24.1 Å². The van der Waals surface area contributed by atoms with Crippen LogP contribution in [0.3, 0.4) is 0 Å². The lowest BCUT2D eigenvalue weighted by Crippen LogP contribution is -2.39. The summed E-state index contributed by atoms with van der Waals surface area (Å²) >= 11 is 0. The number of esters is 2. The average Bonchev–Trinajstić information content (AvgIpc) is 2.77. The minimum Gasteiger partial charge on any atom is -0.459 e. The van der Waals surface area contributed by atoms with Gasteiger partial charge < -0.3 is 9.47 Å². The highest BCUT2D eigenvalue weighted by atomic mass is 16.5. The van der Waals surface area contributed by atoms with Crippen molar-refractivity contribution < 1.29 is 19.1 Å². The molecule has 2 rings (SSSR count). The second-order valence-electron chi connectivity index (χ2n) is 9.31. The maximum Gasteiger partial charge on any atom is 0.330 e. The molecule has 0 aromatic heterocycles. The molecule has 6 atom stereocenters. The second-order valence-corrected chi connectivity index (χ2v) is 9.31. The van der Waals surface area contributed by atoms with Crippen LogP contribution >= 0.6 is 0 Å². The van der Waals surface area contributed by atoms with E-state index in [9.17, 15) is 9.59 Å². The van der Waals surface area contributed by atoms with Gasteiger partial charge in [-0.3, -0.25) is 0 Å². The third kappa shape index (κ3) is 7.28. The van der Waals surface area contributed by atoms with E-state index < -0.39 is 0 Å². The molecule has 0 aliphatic heterocycles. The molecule has 0 saturated heterocycles. The van der Waals surface area contributed by atoms with Crippen molar-refractivity contribution in [2.24, 2.45) is 23.7 Å². The standard InChI is InChI=1S/C26H42O4/c1-5-9-11-21-17-19(13-15-23(21)29-25(27)7-3)20-14-16-24(30-26(28)8-4)22(18-20)12-10-6-2/h7-8,19-24H,3-6,9-18H2,1-2H3. The number of rotatable bonds is 11. The number of hydrogen-bond donors (Lipinski definition) is 0. The number of carbonyl (C=O) groups excluding carboxylic acids is 2. The maximum atomic E-state index is 11.8. The fraction of sp³-hybridized carbons (Fsp3) is 0.769. The van der Waals surface area contributed by atoms with Crippen molar-refractivity contribution in [1.29, 1.82) is 0 Å². The third-order valence-corrected chi connectivity index (χ3v) is 7.30. The maximum absolute atomic E-state index is 11.8. The number of hydrogen-bond acceptors (Lipinski definition) is 4. The van der Waals surface area contributed by atoms with Crippen LogP contribution in [-0.2, 0) is 19.1 Å². The van der Waals surface area contributed by atoms with Crippen molar-refractivity contribution in [3.8, 4) is 0 Å². The molecule has 2 fully saturated rings. The molecule has 4 heteroatoms. The van der Waals surface area contributed by atoms with Gasteiger partial charge in [-0.05, 0) is 75.0 Å². The van der Waals surface area contributed by atoms with Gasteiger partial charge in [-0.15, -0.1) is 0 Å². The van der Waals surface area contributed by atoms with Crippen LogP contribution in [0.5, 0.6) is 0 Å². The Morgan fingerprint density at radius 3 is 1.50 bits per heavy atom. The zero-order chi connectivity index (χ0) is 21.9. The van der Waals surface area contributed by atoms with Crippen LogP contribution in [0.1, 0.15) is 90.9 Å². The summed E-state index contributed by atoms with van der Waals surface area (Å²) in [5.41, 5.74) is 0. The zero-order valence-corrected chi connectivity index (χ0v) is 19.2. The third-order valence-electron chi connectivity index (χ3n) is 7.30. The molecule has 0 amide bonds. The minimum atomic E-state index is -0.288. The van der Waals surface area contributed by atoms with Crippen LogP contribution in [0.15, 0.2) is 25.3 Å². The second kappa shape index (κ2) is 13.0. The first kappa shape index (κ1) is 24.7. The van der Waals surface area contributed by atoms with Crippen molar-refractivity contribution in [2.75, 3.05) is 0 Å². The monoisotopic (exact) mass is 418 g/mol. The van der Waals surface area contributed by atoms with E-state index in [-0.39, 0.29) is 24.1 Å². The molecule has 0 heterocycles. The predicted molar refractivity (Wildman–Crippen MR) is 121 cm³/mol. The van der Waals surface area contributed by atoms with Crippen LogP contribution in [0.4, 0.5) is 0 Å². The van der Waals surface area contributed by atoms with Crippen molar-refractivity contribution >= 4 is 11.9 Å². The highest BCUT2D eigenvalue weighted by Gasteiger charge is 2.40. The summed E-state index contributed by atoms with van der Waals surface area (Å²) < 4.78 is 11.4. The Morgan fingerprint density at radius 2 is 1.17 bits per heavy atom. The van der Waals surface area contributed by atoms with E-state index in [1.54, 1.807) is 0 Å². The van der Waals surface area contributed by atoms with Gasteiger partial charge in [-0.2, -0.15) is 0 Å². The number of unbranched alkanes of at least 4 members (excludes halogenated alkanes) is 2. The Kier molecular flexibility index (Phi) is 10.7. The number of carbonyl (C=O) groups is 2. The first-order valence-corrected chi connectivity index (χ1v) is 12.2. The highest BCUT2D eigenvalue weighted by Crippen LogP contribution is 2.45. The van der Waals surface area contributed by atoms with Gasteiger partial charge in [-0.25, -0.2) is 9.59 Å². The molecule has 0 N–H and O–H groups in total. The van der Waals surface area contributed by atoms with E-state index >= 15 is 0 Å². The normalized spacial score (nSPS) is 31.5. The Bertz CT molecular complexity index is 519. The molecular formula is C26H42O4. The summed E-state index contributed by atoms with van der Waals surface area (Å²) in [5.74, 6) is 1.71. The van der Waals surface area contributed by atoms with Gasteiger partial charge in [0.25, 0.3) is 0 Å². The van der Waals surface area contributed by atoms with Crippen LogP contribution in [0, 0.1) is 23.7 Å². The fourth-order valence-electron chi connectivity index (χ4n) is 5.65. The molecule has 0 spiro atoms. The quantitative estimate of drug-likeness (QED) is 0.288. The van der Waals surface area contributed by atoms with E-state index in [0.29, 0.717) is 23.7 Å². The van der Waals surface area contributed by atoms with Gasteiger partial charge in [0, 0.05) is 12.2 Å². The average molecular weight is 419 g/mol. The van der Waals surface area contributed by atoms with Gasteiger partial charge in [0.15, 0.2) is 0 Å². The lowest BCUT2D eigenvalue weighted by molar-refractivity contribution is -0.152. The van der Waals surface area contributed by atoms with Gasteiger partial charge >= 0.3 is 11.9 Å². The summed E-state index contributed by atoms with van der Waals surface area (Å²) in [7, 11) is 0. The van der Waals surface area contributed by atoms with Gasteiger partial charge in [0.2, 0.25) is 0 Å². The molecule has 0 aromatic rings. The molecule has 0 bridgehead atoms. The van der Waals surface area contributed by atoms with Crippen LogP contribution in [0.2, 0.25) is 0 Å². The summed E-state index contributed by atoms with van der Waals surface area (Å²) in [4.78, 5) is 23.6. The summed E-state index contributed by atoms with van der Waals surface area (Å²) in [6.07, 6.45) is 16.1. The lowest BCUT2D eigenvalue weighted by atomic mass is 9.65. The Hall–Kier alpha value is -1.58. The Labute approximate surface area is 183 Å². The first-order valence-electron chi connectivity index (χ1n) is 12.2. The summed E-state index contributed by atoms with van der Waals surface area (Å²) in [5, 5.41) is 0. The molecule has 6 unspecified atom stereocenters. The molecule has 4 nitrogen and oxygen atoms in total. The lowest BCUT2D eigenvalue weighted by Gasteiger charge is -2.43. The van der Waals surface area contributed by atoms with Gasteiger partial charge in [0.1, 0.15) is 12.2 Å². The molecular weight excluding hydrogens is 376 g/mol. The predicted octanol–water partition coefficient (Wildman–Crippen LogP) is 6.40. The van der Waals surface area contributed by atoms with Crippen LogP contribution < -0.4 is 0 Å². The van der Waals surface area contributed by atoms with Crippen molar-refractivity contribution in [3.63, 3.8) is 0 Å². The molecule has 170 valence electrons. The van der Waals surface area contributed by atoms with E-state index in [1.165, 1.54) is 37.8 Å². The topological polar surface area (TPSA) is 52.6 Å². The van der Waals surface area contributed by atoms with E-state index in [2.05, 4.69) is 27.0 Å². The van der Waals surface area contributed by atoms with Crippen molar-refractivity contribution in [1.82, 2.24) is 0 Å². The fourth-order valence-corrected chi connectivity index (χ4v) is 5.65. The summed E-state index contributed by atoms with van der Waals surface area (Å²) in [6.45, 7) is 11.5. The Balaban J connectivity index is 2.01. The molecule has 2 saturated carbocycles. The SMILES string of the molecule is C=CC(=O)OC1CCC(C2CCC(OC(=O)C=C)C(CCCC)C2)CC1CCCC. The largest absolute Gasteiger partial charge is 0.459 e. The van der Waals surface area contributed by atoms with E-state index in [1.807, 2.05) is 0 Å². The van der Waals surface area contributed by atoms with E-state index in [4.69, 9.17) is 9.47 Å². The summed E-state index contributed by atoms with van der Waals surface area (Å²) in [6, 6.07) is 0.